The maximum Gasteiger partial charge on any atom is 0.216 e. The van der Waals surface area contributed by atoms with Crippen molar-refractivity contribution in [3.63, 3.8) is 0 Å². The molecule has 1 N–H and O–H groups in total. The summed E-state index contributed by atoms with van der Waals surface area (Å²) < 4.78 is 0. The van der Waals surface area contributed by atoms with Crippen molar-refractivity contribution in [2.45, 2.75) is 6.92 Å². The minimum Gasteiger partial charge on any atom is -0.359 e. The summed E-state index contributed by atoms with van der Waals surface area (Å²) in [4.78, 5) is 9.70. The molecule has 0 heterocycles. The molecule has 0 fully saturated rings. The molecule has 0 aromatic rings. The van der Waals surface area contributed by atoms with Crippen LogP contribution in [0.5, 0.6) is 0 Å². The van der Waals surface area contributed by atoms with Crippen molar-refractivity contribution in [1.82, 2.24) is 5.32 Å². The van der Waals surface area contributed by atoms with Crippen LogP contribution in [0, 0.1) is 0 Å². The largest absolute Gasteiger partial charge is 0.359 e. The standard InChI is InChI=1S/C3H7NO.3ClH/c1-3(5)4-2;;;/h1-2H3,(H,4,5);3*1H. The molecule has 0 rings (SSSR count). The number of rotatable bonds is 0. The van der Waals surface area contributed by atoms with E-state index in [1.807, 2.05) is 0 Å². The van der Waals surface area contributed by atoms with E-state index in [-0.39, 0.29) is 43.1 Å². The third-order valence-electron chi connectivity index (χ3n) is 0.352. The fourth-order valence-electron chi connectivity index (χ4n) is 0. The van der Waals surface area contributed by atoms with Crippen LogP contribution in [0.3, 0.4) is 0 Å². The van der Waals surface area contributed by atoms with Gasteiger partial charge in [0.05, 0.1) is 0 Å². The Labute approximate surface area is 67.6 Å². The smallest absolute Gasteiger partial charge is 0.216 e. The highest BCUT2D eigenvalue weighted by Gasteiger charge is 1.72. The van der Waals surface area contributed by atoms with Crippen LogP contribution in [0.4, 0.5) is 0 Å². The Morgan fingerprint density at radius 2 is 1.38 bits per heavy atom. The molecule has 5 heteroatoms. The van der Waals surface area contributed by atoms with E-state index in [9.17, 15) is 4.79 Å². The predicted octanol–water partition coefficient (Wildman–Crippen LogP) is 1.02. The third-order valence-corrected chi connectivity index (χ3v) is 0.352. The van der Waals surface area contributed by atoms with Crippen molar-refractivity contribution < 1.29 is 4.79 Å². The van der Waals surface area contributed by atoms with E-state index >= 15 is 0 Å². The summed E-state index contributed by atoms with van der Waals surface area (Å²) in [5, 5.41) is 2.39. The van der Waals surface area contributed by atoms with Gasteiger partial charge in [-0.1, -0.05) is 0 Å². The molecule has 0 atom stereocenters. The van der Waals surface area contributed by atoms with E-state index in [0.717, 1.165) is 0 Å². The summed E-state index contributed by atoms with van der Waals surface area (Å²) in [7, 11) is 1.60. The summed E-state index contributed by atoms with van der Waals surface area (Å²) in [5.74, 6) is 0.00463. The summed E-state index contributed by atoms with van der Waals surface area (Å²) in [5.41, 5.74) is 0. The summed E-state index contributed by atoms with van der Waals surface area (Å²) >= 11 is 0. The monoisotopic (exact) mass is 181 g/mol. The molecule has 2 nitrogen and oxygen atoms in total. The fourth-order valence-corrected chi connectivity index (χ4v) is 0. The lowest BCUT2D eigenvalue weighted by Gasteiger charge is -1.80. The number of hydrogen-bond donors (Lipinski definition) is 1. The average Bonchev–Trinajstić information content (AvgIpc) is 1.38. The van der Waals surface area contributed by atoms with Crippen LogP contribution in [0.15, 0.2) is 0 Å². The molecule has 0 aromatic heterocycles. The zero-order valence-electron chi connectivity index (χ0n) is 4.63. The first kappa shape index (κ1) is 23.9. The Bertz CT molecular complexity index is 49.8. The first-order valence-electron chi connectivity index (χ1n) is 1.45. The van der Waals surface area contributed by atoms with Gasteiger partial charge in [-0.15, -0.1) is 37.2 Å². The lowest BCUT2D eigenvalue weighted by molar-refractivity contribution is -0.118. The van der Waals surface area contributed by atoms with E-state index in [2.05, 4.69) is 5.32 Å². The van der Waals surface area contributed by atoms with Gasteiger partial charge in [-0.25, -0.2) is 0 Å². The normalized spacial score (nSPS) is 4.25. The van der Waals surface area contributed by atoms with E-state index in [1.165, 1.54) is 6.92 Å². The van der Waals surface area contributed by atoms with Gasteiger partial charge in [0.1, 0.15) is 0 Å². The van der Waals surface area contributed by atoms with Gasteiger partial charge in [-0.3, -0.25) is 4.79 Å². The van der Waals surface area contributed by atoms with Crippen molar-refractivity contribution in [3.05, 3.63) is 0 Å². The highest BCUT2D eigenvalue weighted by atomic mass is 35.5. The average molecular weight is 182 g/mol. The van der Waals surface area contributed by atoms with Crippen LogP contribution < -0.4 is 5.32 Å². The molecule has 0 aliphatic carbocycles. The molecule has 54 valence electrons. The van der Waals surface area contributed by atoms with Crippen molar-refractivity contribution in [2.75, 3.05) is 7.05 Å². The molecule has 0 unspecified atom stereocenters. The lowest BCUT2D eigenvalue weighted by atomic mass is 10.7. The van der Waals surface area contributed by atoms with Crippen LogP contribution in [0.1, 0.15) is 6.92 Å². The molecule has 1 amide bonds. The maximum atomic E-state index is 9.70. The van der Waals surface area contributed by atoms with Gasteiger partial charge in [0.25, 0.3) is 0 Å². The molecule has 0 aliphatic heterocycles. The fraction of sp³-hybridized carbons (Fsp3) is 0.667. The third kappa shape index (κ3) is 33.0. The summed E-state index contributed by atoms with van der Waals surface area (Å²) in [6.45, 7) is 1.47. The van der Waals surface area contributed by atoms with E-state index in [0.29, 0.717) is 0 Å². The summed E-state index contributed by atoms with van der Waals surface area (Å²) in [6.07, 6.45) is 0. The van der Waals surface area contributed by atoms with Crippen LogP contribution in [-0.2, 0) is 4.79 Å². The van der Waals surface area contributed by atoms with Crippen molar-refractivity contribution in [3.8, 4) is 0 Å². The Morgan fingerprint density at radius 3 is 1.38 bits per heavy atom. The van der Waals surface area contributed by atoms with Gasteiger partial charge in [-0.2, -0.15) is 0 Å². The van der Waals surface area contributed by atoms with Gasteiger partial charge < -0.3 is 5.32 Å². The second-order valence-corrected chi connectivity index (χ2v) is 0.806. The Morgan fingerprint density at radius 1 is 1.25 bits per heavy atom. The second-order valence-electron chi connectivity index (χ2n) is 0.806. The predicted molar refractivity (Wildman–Crippen MR) is 41.5 cm³/mol. The van der Waals surface area contributed by atoms with Crippen molar-refractivity contribution >= 4 is 43.1 Å². The minimum absolute atomic E-state index is 0. The first-order valence-corrected chi connectivity index (χ1v) is 1.45. The SMILES string of the molecule is CNC(C)=O.Cl.Cl.Cl. The molecule has 0 saturated carbocycles. The summed E-state index contributed by atoms with van der Waals surface area (Å²) in [6, 6.07) is 0. The Kier molecular flexibility index (Phi) is 46.7. The molecule has 0 bridgehead atoms. The van der Waals surface area contributed by atoms with E-state index in [4.69, 9.17) is 0 Å². The van der Waals surface area contributed by atoms with Crippen LogP contribution in [0.2, 0.25) is 0 Å². The van der Waals surface area contributed by atoms with E-state index < -0.39 is 0 Å². The number of carbonyl (C=O) groups is 1. The van der Waals surface area contributed by atoms with Gasteiger partial charge in [0.15, 0.2) is 0 Å². The van der Waals surface area contributed by atoms with Crippen LogP contribution >= 0.6 is 37.2 Å². The minimum atomic E-state index is 0. The van der Waals surface area contributed by atoms with Gasteiger partial charge in [0, 0.05) is 14.0 Å². The molecular formula is C3H10Cl3NO. The Balaban J connectivity index is -0.0000000267. The van der Waals surface area contributed by atoms with Gasteiger partial charge in [-0.05, 0) is 0 Å². The van der Waals surface area contributed by atoms with Crippen LogP contribution in [0.25, 0.3) is 0 Å². The van der Waals surface area contributed by atoms with Crippen molar-refractivity contribution in [2.24, 2.45) is 0 Å². The lowest BCUT2D eigenvalue weighted by Crippen LogP contribution is -2.11. The maximum absolute atomic E-state index is 9.70. The molecule has 0 aliphatic rings. The number of amides is 1. The number of carbonyl (C=O) groups excluding carboxylic acids is 1. The zero-order chi connectivity index (χ0) is 4.28. The van der Waals surface area contributed by atoms with E-state index in [1.54, 1.807) is 7.05 Å². The number of nitrogens with one attached hydrogen (secondary N) is 1. The second kappa shape index (κ2) is 15.7. The van der Waals surface area contributed by atoms with Gasteiger partial charge in [0.2, 0.25) is 5.91 Å². The Hall–Kier alpha value is 0.340. The highest BCUT2D eigenvalue weighted by molar-refractivity contribution is 5.86. The zero-order valence-corrected chi connectivity index (χ0v) is 7.08. The highest BCUT2D eigenvalue weighted by Crippen LogP contribution is 1.45. The molecule has 0 aromatic carbocycles. The molecule has 8 heavy (non-hydrogen) atoms. The molecule has 0 spiro atoms. The van der Waals surface area contributed by atoms with Gasteiger partial charge >= 0.3 is 0 Å². The van der Waals surface area contributed by atoms with Crippen molar-refractivity contribution in [1.29, 1.82) is 0 Å². The topological polar surface area (TPSA) is 29.1 Å². The molecule has 0 saturated heterocycles. The quantitative estimate of drug-likeness (QED) is 0.595. The molecular weight excluding hydrogens is 172 g/mol. The first-order chi connectivity index (χ1) is 2.27. The van der Waals surface area contributed by atoms with Crippen LogP contribution in [-0.4, -0.2) is 13.0 Å². The number of halogens is 3. The molecule has 0 radical (unpaired) electrons. The number of hydrogen-bond acceptors (Lipinski definition) is 1.